The summed E-state index contributed by atoms with van der Waals surface area (Å²) in [4.78, 5) is 31.3. The molecule has 0 bridgehead atoms. The molecule has 22 heavy (non-hydrogen) atoms. The van der Waals surface area contributed by atoms with E-state index >= 15 is 0 Å². The first-order valence-corrected chi connectivity index (χ1v) is 7.76. The maximum atomic E-state index is 12.2. The van der Waals surface area contributed by atoms with Gasteiger partial charge in [-0.1, -0.05) is 0 Å². The third kappa shape index (κ3) is 3.11. The molecule has 120 valence electrons. The molecule has 2 aliphatic rings. The molecular formula is C14H21N5O3. The van der Waals surface area contributed by atoms with Gasteiger partial charge < -0.3 is 10.0 Å². The van der Waals surface area contributed by atoms with E-state index in [9.17, 15) is 14.7 Å². The molecule has 2 N–H and O–H groups in total. The molecule has 0 spiro atoms. The summed E-state index contributed by atoms with van der Waals surface area (Å²) < 4.78 is 0. The van der Waals surface area contributed by atoms with Crippen molar-refractivity contribution in [2.45, 2.75) is 31.7 Å². The van der Waals surface area contributed by atoms with E-state index in [-0.39, 0.29) is 17.6 Å². The molecule has 2 fully saturated rings. The molecule has 8 heteroatoms. The fraction of sp³-hybridized carbons (Fsp3) is 0.714. The third-order valence-corrected chi connectivity index (χ3v) is 4.69. The van der Waals surface area contributed by atoms with Crippen LogP contribution >= 0.6 is 0 Å². The number of hydrogen-bond donors (Lipinski definition) is 2. The van der Waals surface area contributed by atoms with Crippen LogP contribution in [0.15, 0.2) is 6.33 Å². The molecule has 8 nitrogen and oxygen atoms in total. The smallest absolute Gasteiger partial charge is 0.307 e. The number of carbonyl (C=O) groups excluding carboxylic acids is 1. The second kappa shape index (κ2) is 6.43. The lowest BCUT2D eigenvalue weighted by atomic mass is 9.94. The SMILES string of the molecule is O=C(O)C1CCCN(C2CCN(C(=O)c3ncn[nH]3)CC2)C1. The lowest BCUT2D eigenvalue weighted by molar-refractivity contribution is -0.144. The van der Waals surface area contributed by atoms with Gasteiger partial charge in [0.15, 0.2) is 0 Å². The molecule has 3 rings (SSSR count). The van der Waals surface area contributed by atoms with Crippen LogP contribution in [-0.4, -0.2) is 74.2 Å². The number of hydrogen-bond acceptors (Lipinski definition) is 5. The van der Waals surface area contributed by atoms with Crippen molar-refractivity contribution in [3.05, 3.63) is 12.2 Å². The zero-order valence-corrected chi connectivity index (χ0v) is 12.4. The molecule has 1 unspecified atom stereocenters. The number of aromatic nitrogens is 3. The van der Waals surface area contributed by atoms with Crippen LogP contribution < -0.4 is 0 Å². The molecule has 1 atom stereocenters. The molecule has 0 aromatic carbocycles. The van der Waals surface area contributed by atoms with E-state index in [4.69, 9.17) is 0 Å². The highest BCUT2D eigenvalue weighted by molar-refractivity contribution is 5.90. The van der Waals surface area contributed by atoms with Gasteiger partial charge in [0, 0.05) is 25.7 Å². The number of carboxylic acids is 1. The van der Waals surface area contributed by atoms with Gasteiger partial charge in [-0.25, -0.2) is 4.98 Å². The Morgan fingerprint density at radius 3 is 2.64 bits per heavy atom. The summed E-state index contributed by atoms with van der Waals surface area (Å²) >= 11 is 0. The number of aliphatic carboxylic acids is 1. The maximum absolute atomic E-state index is 12.2. The average molecular weight is 307 g/mol. The van der Waals surface area contributed by atoms with Crippen molar-refractivity contribution in [2.24, 2.45) is 5.92 Å². The standard InChI is InChI=1S/C14H21N5O3/c20-13(12-15-9-16-17-12)18-6-3-11(4-7-18)19-5-1-2-10(8-19)14(21)22/h9-11H,1-8H2,(H,21,22)(H,15,16,17). The minimum absolute atomic E-state index is 0.113. The van der Waals surface area contributed by atoms with Crippen LogP contribution in [0.4, 0.5) is 0 Å². The predicted octanol–water partition coefficient (Wildman–Crippen LogP) is 0.206. The molecule has 1 amide bonds. The Labute approximate surface area is 128 Å². The predicted molar refractivity (Wildman–Crippen MR) is 77.2 cm³/mol. The number of H-pyrrole nitrogens is 1. The lowest BCUT2D eigenvalue weighted by Crippen LogP contribution is -2.50. The van der Waals surface area contributed by atoms with Crippen LogP contribution in [0.2, 0.25) is 0 Å². The topological polar surface area (TPSA) is 102 Å². The van der Waals surface area contributed by atoms with Gasteiger partial charge in [-0.05, 0) is 32.2 Å². The van der Waals surface area contributed by atoms with Crippen LogP contribution in [-0.2, 0) is 4.79 Å². The van der Waals surface area contributed by atoms with E-state index in [1.165, 1.54) is 6.33 Å². The summed E-state index contributed by atoms with van der Waals surface area (Å²) in [6, 6.07) is 0.376. The van der Waals surface area contributed by atoms with Gasteiger partial charge in [0.05, 0.1) is 5.92 Å². The summed E-state index contributed by atoms with van der Waals surface area (Å²) in [6.07, 6.45) is 4.81. The number of amides is 1. The van der Waals surface area contributed by atoms with Gasteiger partial charge in [-0.15, -0.1) is 0 Å². The number of aromatic amines is 1. The molecule has 3 heterocycles. The molecule has 0 radical (unpaired) electrons. The van der Waals surface area contributed by atoms with Crippen LogP contribution in [0.3, 0.4) is 0 Å². The van der Waals surface area contributed by atoms with Gasteiger partial charge in [-0.3, -0.25) is 19.6 Å². The van der Waals surface area contributed by atoms with E-state index < -0.39 is 5.97 Å². The van der Waals surface area contributed by atoms with Gasteiger partial charge >= 0.3 is 5.97 Å². The van der Waals surface area contributed by atoms with Gasteiger partial charge in [-0.2, -0.15) is 5.10 Å². The van der Waals surface area contributed by atoms with Gasteiger partial charge in [0.2, 0.25) is 5.82 Å². The summed E-state index contributed by atoms with van der Waals surface area (Å²) in [5.41, 5.74) is 0. The van der Waals surface area contributed by atoms with Crippen molar-refractivity contribution < 1.29 is 14.7 Å². The van der Waals surface area contributed by atoms with E-state index in [2.05, 4.69) is 20.1 Å². The number of piperidine rings is 2. The number of nitrogens with zero attached hydrogens (tertiary/aromatic N) is 4. The largest absolute Gasteiger partial charge is 0.481 e. The van der Waals surface area contributed by atoms with Crippen molar-refractivity contribution in [3.8, 4) is 0 Å². The number of nitrogens with one attached hydrogen (secondary N) is 1. The van der Waals surface area contributed by atoms with Crippen LogP contribution in [0.25, 0.3) is 0 Å². The van der Waals surface area contributed by atoms with Crippen molar-refractivity contribution in [3.63, 3.8) is 0 Å². The second-order valence-corrected chi connectivity index (χ2v) is 6.03. The highest BCUT2D eigenvalue weighted by atomic mass is 16.4. The number of carbonyl (C=O) groups is 2. The van der Waals surface area contributed by atoms with Crippen molar-refractivity contribution in [1.82, 2.24) is 25.0 Å². The normalized spacial score (nSPS) is 24.4. The Hall–Kier alpha value is -1.96. The first-order valence-electron chi connectivity index (χ1n) is 7.76. The minimum atomic E-state index is -0.692. The summed E-state index contributed by atoms with van der Waals surface area (Å²) in [7, 11) is 0. The van der Waals surface area contributed by atoms with Gasteiger partial charge in [0.1, 0.15) is 6.33 Å². The lowest BCUT2D eigenvalue weighted by Gasteiger charge is -2.41. The summed E-state index contributed by atoms with van der Waals surface area (Å²) in [6.45, 7) is 2.96. The average Bonchev–Trinajstić information content (AvgIpc) is 3.09. The molecule has 2 aliphatic heterocycles. The highest BCUT2D eigenvalue weighted by Gasteiger charge is 2.32. The van der Waals surface area contributed by atoms with E-state index in [1.54, 1.807) is 4.90 Å². The van der Waals surface area contributed by atoms with Crippen LogP contribution in [0, 0.1) is 5.92 Å². The fourth-order valence-corrected chi connectivity index (χ4v) is 3.43. The summed E-state index contributed by atoms with van der Waals surface area (Å²) in [5.74, 6) is -0.773. The Balaban J connectivity index is 1.53. The first kappa shape index (κ1) is 15.0. The Morgan fingerprint density at radius 1 is 1.23 bits per heavy atom. The number of rotatable bonds is 3. The maximum Gasteiger partial charge on any atom is 0.307 e. The summed E-state index contributed by atoms with van der Waals surface area (Å²) in [5, 5.41) is 15.5. The molecule has 2 saturated heterocycles. The Bertz CT molecular complexity index is 525. The number of carboxylic acid groups (broad SMARTS) is 1. The molecule has 1 aromatic heterocycles. The molecule has 0 aliphatic carbocycles. The van der Waals surface area contributed by atoms with E-state index in [0.717, 1.165) is 32.2 Å². The molecule has 1 aromatic rings. The van der Waals surface area contributed by atoms with E-state index in [0.29, 0.717) is 25.7 Å². The zero-order valence-electron chi connectivity index (χ0n) is 12.4. The van der Waals surface area contributed by atoms with E-state index in [1.807, 2.05) is 0 Å². The van der Waals surface area contributed by atoms with Crippen LogP contribution in [0.1, 0.15) is 36.3 Å². The van der Waals surface area contributed by atoms with Crippen molar-refractivity contribution >= 4 is 11.9 Å². The first-order chi connectivity index (χ1) is 10.6. The van der Waals surface area contributed by atoms with Crippen molar-refractivity contribution in [1.29, 1.82) is 0 Å². The van der Waals surface area contributed by atoms with Gasteiger partial charge in [0.25, 0.3) is 5.91 Å². The fourth-order valence-electron chi connectivity index (χ4n) is 3.43. The highest BCUT2D eigenvalue weighted by Crippen LogP contribution is 2.24. The van der Waals surface area contributed by atoms with Crippen LogP contribution in [0.5, 0.6) is 0 Å². The molecule has 0 saturated carbocycles. The monoisotopic (exact) mass is 307 g/mol. The third-order valence-electron chi connectivity index (χ3n) is 4.69. The van der Waals surface area contributed by atoms with Crippen molar-refractivity contribution in [2.75, 3.05) is 26.2 Å². The Kier molecular flexibility index (Phi) is 4.37. The number of likely N-dealkylation sites (tertiary alicyclic amines) is 2. The second-order valence-electron chi connectivity index (χ2n) is 6.03. The quantitative estimate of drug-likeness (QED) is 0.827. The minimum Gasteiger partial charge on any atom is -0.481 e. The Morgan fingerprint density at radius 2 is 2.00 bits per heavy atom. The molecular weight excluding hydrogens is 286 g/mol. The zero-order chi connectivity index (χ0) is 15.5.